The van der Waals surface area contributed by atoms with E-state index in [2.05, 4.69) is 45.1 Å². The van der Waals surface area contributed by atoms with E-state index in [4.69, 9.17) is 14.2 Å². The number of rotatable bonds is 15. The lowest BCUT2D eigenvalue weighted by atomic mass is 9.88. The lowest BCUT2D eigenvalue weighted by Gasteiger charge is -2.19. The van der Waals surface area contributed by atoms with Gasteiger partial charge in [0, 0.05) is 6.54 Å². The standard InChI is InChI=1S/C24H41NO4/c1-6-8-9-10-15-25-24(26)28-17-16-27-20(5)29-23-13-11-22(12-14-23)21(7-2)18-19(3)4/h11-14,19-21H,6-10,15-18H2,1-5H3,(H,25,26). The van der Waals surface area contributed by atoms with Crippen molar-refractivity contribution in [1.82, 2.24) is 5.32 Å². The van der Waals surface area contributed by atoms with Gasteiger partial charge in [-0.25, -0.2) is 4.79 Å². The number of hydrogen-bond acceptors (Lipinski definition) is 4. The van der Waals surface area contributed by atoms with Gasteiger partial charge in [0.1, 0.15) is 12.4 Å². The summed E-state index contributed by atoms with van der Waals surface area (Å²) in [4.78, 5) is 11.6. The van der Waals surface area contributed by atoms with Crippen LogP contribution in [-0.4, -0.2) is 32.1 Å². The van der Waals surface area contributed by atoms with Gasteiger partial charge in [0.05, 0.1) is 6.61 Å². The Labute approximate surface area is 177 Å². The predicted octanol–water partition coefficient (Wildman–Crippen LogP) is 6.27. The van der Waals surface area contributed by atoms with Crippen molar-refractivity contribution in [1.29, 1.82) is 0 Å². The summed E-state index contributed by atoms with van der Waals surface area (Å²) in [5.41, 5.74) is 1.36. The molecule has 1 rings (SSSR count). The van der Waals surface area contributed by atoms with E-state index in [1.54, 1.807) is 0 Å². The van der Waals surface area contributed by atoms with Gasteiger partial charge in [-0.2, -0.15) is 0 Å². The van der Waals surface area contributed by atoms with Gasteiger partial charge in [0.15, 0.2) is 6.29 Å². The van der Waals surface area contributed by atoms with Crippen LogP contribution in [0.4, 0.5) is 4.79 Å². The summed E-state index contributed by atoms with van der Waals surface area (Å²) in [6.07, 6.45) is 6.05. The summed E-state index contributed by atoms with van der Waals surface area (Å²) >= 11 is 0. The van der Waals surface area contributed by atoms with Crippen LogP contribution in [0, 0.1) is 5.92 Å². The van der Waals surface area contributed by atoms with Crippen LogP contribution in [0.15, 0.2) is 24.3 Å². The summed E-state index contributed by atoms with van der Waals surface area (Å²) < 4.78 is 16.5. The normalized spacial score (nSPS) is 13.2. The molecule has 2 unspecified atom stereocenters. The zero-order valence-electron chi connectivity index (χ0n) is 19.0. The average Bonchev–Trinajstić information content (AvgIpc) is 2.70. The summed E-state index contributed by atoms with van der Waals surface area (Å²) in [7, 11) is 0. The fourth-order valence-electron chi connectivity index (χ4n) is 3.29. The first-order valence-electron chi connectivity index (χ1n) is 11.2. The summed E-state index contributed by atoms with van der Waals surface area (Å²) in [6, 6.07) is 8.29. The summed E-state index contributed by atoms with van der Waals surface area (Å²) in [6.45, 7) is 11.9. The number of carbonyl (C=O) groups excluding carboxylic acids is 1. The lowest BCUT2D eigenvalue weighted by molar-refractivity contribution is -0.0770. The highest BCUT2D eigenvalue weighted by Gasteiger charge is 2.12. The van der Waals surface area contributed by atoms with Gasteiger partial charge in [-0.3, -0.25) is 0 Å². The van der Waals surface area contributed by atoms with E-state index >= 15 is 0 Å². The highest BCUT2D eigenvalue weighted by molar-refractivity contribution is 5.66. The van der Waals surface area contributed by atoms with E-state index in [0.29, 0.717) is 25.0 Å². The molecular formula is C24H41NO4. The van der Waals surface area contributed by atoms with Crippen molar-refractivity contribution in [3.63, 3.8) is 0 Å². The second-order valence-corrected chi connectivity index (χ2v) is 7.98. The van der Waals surface area contributed by atoms with E-state index in [1.807, 2.05) is 19.1 Å². The van der Waals surface area contributed by atoms with Crippen molar-refractivity contribution < 1.29 is 19.0 Å². The highest BCUT2D eigenvalue weighted by Crippen LogP contribution is 2.28. The third-order valence-corrected chi connectivity index (χ3v) is 4.87. The van der Waals surface area contributed by atoms with Crippen LogP contribution < -0.4 is 10.1 Å². The Morgan fingerprint density at radius 1 is 1.00 bits per heavy atom. The topological polar surface area (TPSA) is 56.8 Å². The minimum atomic E-state index is -0.404. The van der Waals surface area contributed by atoms with Crippen molar-refractivity contribution in [3.8, 4) is 5.75 Å². The molecule has 0 aliphatic rings. The average molecular weight is 408 g/mol. The van der Waals surface area contributed by atoms with Crippen molar-refractivity contribution in [2.24, 2.45) is 5.92 Å². The maximum absolute atomic E-state index is 11.6. The number of alkyl carbamates (subject to hydrolysis) is 1. The number of carbonyl (C=O) groups is 1. The third-order valence-electron chi connectivity index (χ3n) is 4.87. The SMILES string of the molecule is CCCCCCNC(=O)OCCOC(C)Oc1ccc(C(CC)CC(C)C)cc1. The molecule has 1 N–H and O–H groups in total. The van der Waals surface area contributed by atoms with Crippen LogP contribution in [0.25, 0.3) is 0 Å². The van der Waals surface area contributed by atoms with E-state index in [9.17, 15) is 4.79 Å². The Morgan fingerprint density at radius 3 is 2.34 bits per heavy atom. The summed E-state index contributed by atoms with van der Waals surface area (Å²) in [5.74, 6) is 2.06. The number of unbranched alkanes of at least 4 members (excludes halogenated alkanes) is 3. The van der Waals surface area contributed by atoms with Gasteiger partial charge in [-0.1, -0.05) is 59.1 Å². The molecule has 0 radical (unpaired) electrons. The highest BCUT2D eigenvalue weighted by atomic mass is 16.7. The number of amides is 1. The zero-order valence-corrected chi connectivity index (χ0v) is 19.0. The number of benzene rings is 1. The smallest absolute Gasteiger partial charge is 0.407 e. The van der Waals surface area contributed by atoms with E-state index in [0.717, 1.165) is 25.0 Å². The first-order chi connectivity index (χ1) is 14.0. The molecule has 1 amide bonds. The first-order valence-corrected chi connectivity index (χ1v) is 11.2. The van der Waals surface area contributed by atoms with Gasteiger partial charge >= 0.3 is 6.09 Å². The fraction of sp³-hybridized carbons (Fsp3) is 0.708. The second kappa shape index (κ2) is 15.1. The van der Waals surface area contributed by atoms with Crippen LogP contribution in [-0.2, 0) is 9.47 Å². The van der Waals surface area contributed by atoms with E-state index in [1.165, 1.54) is 24.8 Å². The molecule has 1 aromatic carbocycles. The predicted molar refractivity (Wildman–Crippen MR) is 118 cm³/mol. The molecule has 0 fully saturated rings. The van der Waals surface area contributed by atoms with Crippen molar-refractivity contribution in [2.45, 2.75) is 85.4 Å². The molecule has 0 spiro atoms. The molecule has 0 bridgehead atoms. The van der Waals surface area contributed by atoms with Gasteiger partial charge in [-0.05, 0) is 55.7 Å². The molecule has 166 valence electrons. The molecular weight excluding hydrogens is 366 g/mol. The zero-order chi connectivity index (χ0) is 21.5. The van der Waals surface area contributed by atoms with Crippen molar-refractivity contribution in [2.75, 3.05) is 19.8 Å². The van der Waals surface area contributed by atoms with Crippen molar-refractivity contribution >= 4 is 6.09 Å². The molecule has 0 heterocycles. The fourth-order valence-corrected chi connectivity index (χ4v) is 3.29. The maximum Gasteiger partial charge on any atom is 0.407 e. The molecule has 0 aliphatic carbocycles. The monoisotopic (exact) mass is 407 g/mol. The second-order valence-electron chi connectivity index (χ2n) is 7.98. The Kier molecular flexibility index (Phi) is 13.2. The molecule has 0 aromatic heterocycles. The van der Waals surface area contributed by atoms with Gasteiger partial charge in [0.25, 0.3) is 0 Å². The molecule has 29 heavy (non-hydrogen) atoms. The quantitative estimate of drug-likeness (QED) is 0.275. The lowest BCUT2D eigenvalue weighted by Crippen LogP contribution is -2.27. The molecule has 2 atom stereocenters. The maximum atomic E-state index is 11.6. The molecule has 0 saturated heterocycles. The number of hydrogen-bond donors (Lipinski definition) is 1. The Morgan fingerprint density at radius 2 is 1.72 bits per heavy atom. The van der Waals surface area contributed by atoms with Gasteiger partial charge < -0.3 is 19.5 Å². The Hall–Kier alpha value is -1.75. The van der Waals surface area contributed by atoms with Crippen LogP contribution in [0.1, 0.15) is 84.6 Å². The minimum Gasteiger partial charge on any atom is -0.465 e. The Balaban J connectivity index is 2.22. The number of nitrogens with one attached hydrogen (secondary N) is 1. The molecule has 5 heteroatoms. The first kappa shape index (κ1) is 25.3. The molecule has 5 nitrogen and oxygen atoms in total. The van der Waals surface area contributed by atoms with Crippen LogP contribution in [0.2, 0.25) is 0 Å². The Bertz CT molecular complexity index is 544. The molecule has 0 aliphatic heterocycles. The van der Waals surface area contributed by atoms with Gasteiger partial charge in [0.2, 0.25) is 0 Å². The van der Waals surface area contributed by atoms with E-state index < -0.39 is 6.29 Å². The van der Waals surface area contributed by atoms with Crippen molar-refractivity contribution in [3.05, 3.63) is 29.8 Å². The largest absolute Gasteiger partial charge is 0.465 e. The minimum absolute atomic E-state index is 0.209. The summed E-state index contributed by atoms with van der Waals surface area (Å²) in [5, 5.41) is 2.75. The molecule has 1 aromatic rings. The van der Waals surface area contributed by atoms with Gasteiger partial charge in [-0.15, -0.1) is 0 Å². The van der Waals surface area contributed by atoms with E-state index in [-0.39, 0.29) is 12.7 Å². The van der Waals surface area contributed by atoms with Crippen LogP contribution in [0.3, 0.4) is 0 Å². The van der Waals surface area contributed by atoms with Crippen LogP contribution >= 0.6 is 0 Å². The number of ether oxygens (including phenoxy) is 3. The third kappa shape index (κ3) is 11.7. The molecule has 0 saturated carbocycles. The van der Waals surface area contributed by atoms with Crippen LogP contribution in [0.5, 0.6) is 5.75 Å².